The van der Waals surface area contributed by atoms with Gasteiger partial charge in [0.25, 0.3) is 11.8 Å². The lowest BCUT2D eigenvalue weighted by atomic mass is 10.1. The van der Waals surface area contributed by atoms with E-state index in [0.717, 1.165) is 41.0 Å². The average molecular weight is 561 g/mol. The van der Waals surface area contributed by atoms with Crippen LogP contribution in [-0.2, 0) is 11.3 Å². The predicted octanol–water partition coefficient (Wildman–Crippen LogP) is 7.63. The lowest BCUT2D eigenvalue weighted by Gasteiger charge is -2.30. The highest BCUT2D eigenvalue weighted by Gasteiger charge is 2.30. The van der Waals surface area contributed by atoms with Gasteiger partial charge in [0.2, 0.25) is 0 Å². The van der Waals surface area contributed by atoms with Crippen molar-refractivity contribution < 1.29 is 19.1 Å². The molecule has 2 amide bonds. The third-order valence-electron chi connectivity index (χ3n) is 7.26. The van der Waals surface area contributed by atoms with Crippen LogP contribution in [0.1, 0.15) is 65.3 Å². The first kappa shape index (κ1) is 28.7. The van der Waals surface area contributed by atoms with E-state index in [1.807, 2.05) is 98.8 Å². The highest BCUT2D eigenvalue weighted by molar-refractivity contribution is 6.09. The molecule has 1 N–H and O–H groups in total. The second-order valence-electron chi connectivity index (χ2n) is 10.5. The van der Waals surface area contributed by atoms with Crippen LogP contribution >= 0.6 is 0 Å². The molecule has 5 rings (SSSR count). The van der Waals surface area contributed by atoms with Crippen LogP contribution in [0, 0.1) is 6.92 Å². The topological polar surface area (TPSA) is 67.9 Å². The summed E-state index contributed by atoms with van der Waals surface area (Å²) in [6.45, 7) is 7.26. The molecule has 0 radical (unpaired) electrons. The van der Waals surface area contributed by atoms with Gasteiger partial charge in [-0.2, -0.15) is 0 Å². The molecule has 6 heteroatoms. The minimum Gasteiger partial charge on any atom is -0.494 e. The van der Waals surface area contributed by atoms with Crippen molar-refractivity contribution in [2.24, 2.45) is 0 Å². The van der Waals surface area contributed by atoms with Gasteiger partial charge < -0.3 is 14.8 Å². The number of amides is 2. The monoisotopic (exact) mass is 560 g/mol. The van der Waals surface area contributed by atoms with Gasteiger partial charge >= 0.3 is 0 Å². The molecule has 6 nitrogen and oxygen atoms in total. The average Bonchev–Trinajstić information content (AvgIpc) is 3.01. The fourth-order valence-corrected chi connectivity index (χ4v) is 4.73. The summed E-state index contributed by atoms with van der Waals surface area (Å²) >= 11 is 0. The van der Waals surface area contributed by atoms with Gasteiger partial charge in [0.15, 0.2) is 11.5 Å². The van der Waals surface area contributed by atoms with Crippen molar-refractivity contribution in [2.45, 2.75) is 46.2 Å². The van der Waals surface area contributed by atoms with Crippen LogP contribution in [-0.4, -0.2) is 18.4 Å². The van der Waals surface area contributed by atoms with E-state index < -0.39 is 0 Å². The summed E-state index contributed by atoms with van der Waals surface area (Å²) in [5.74, 6) is 1.30. The van der Waals surface area contributed by atoms with E-state index in [2.05, 4.69) is 12.2 Å². The van der Waals surface area contributed by atoms with Crippen molar-refractivity contribution in [3.8, 4) is 11.5 Å². The smallest absolute Gasteiger partial charge is 0.294 e. The molecular formula is C36H36N2O4. The van der Waals surface area contributed by atoms with E-state index in [9.17, 15) is 9.59 Å². The Bertz CT molecular complexity index is 1560. The van der Waals surface area contributed by atoms with Crippen LogP contribution in [0.3, 0.4) is 0 Å². The molecular weight excluding hydrogens is 524 g/mol. The Kier molecular flexibility index (Phi) is 9.02. The SMILES string of the molecule is CCCCOc1ccc(C(C)NC(=O)c2ccc(C=C3Oc4ccccc4N(Cc4ccc(C)cc4)C3=O)cc2)cc1. The van der Waals surface area contributed by atoms with Crippen LogP contribution in [0.2, 0.25) is 0 Å². The summed E-state index contributed by atoms with van der Waals surface area (Å²) in [5, 5.41) is 3.05. The fourth-order valence-electron chi connectivity index (χ4n) is 4.73. The minimum absolute atomic E-state index is 0.170. The first-order valence-electron chi connectivity index (χ1n) is 14.4. The third kappa shape index (κ3) is 6.89. The summed E-state index contributed by atoms with van der Waals surface area (Å²) in [5.41, 5.74) is 5.23. The molecule has 1 aliphatic heterocycles. The van der Waals surface area contributed by atoms with Crippen LogP contribution in [0.4, 0.5) is 5.69 Å². The Labute approximate surface area is 247 Å². The van der Waals surface area contributed by atoms with Crippen molar-refractivity contribution in [1.82, 2.24) is 5.32 Å². The van der Waals surface area contributed by atoms with Gasteiger partial charge in [-0.1, -0.05) is 79.6 Å². The van der Waals surface area contributed by atoms with Gasteiger partial charge in [0.1, 0.15) is 5.75 Å². The summed E-state index contributed by atoms with van der Waals surface area (Å²) in [4.78, 5) is 28.2. The number of para-hydroxylation sites is 2. The lowest BCUT2D eigenvalue weighted by Crippen LogP contribution is -2.36. The number of hydrogen-bond donors (Lipinski definition) is 1. The molecule has 1 atom stereocenters. The normalized spacial score (nSPS) is 14.2. The maximum Gasteiger partial charge on any atom is 0.294 e. The second-order valence-corrected chi connectivity index (χ2v) is 10.5. The van der Waals surface area contributed by atoms with E-state index in [1.54, 1.807) is 23.1 Å². The summed E-state index contributed by atoms with van der Waals surface area (Å²) in [7, 11) is 0. The predicted molar refractivity (Wildman–Crippen MR) is 167 cm³/mol. The largest absolute Gasteiger partial charge is 0.494 e. The number of nitrogens with zero attached hydrogens (tertiary/aromatic N) is 1. The number of carbonyl (C=O) groups is 2. The number of benzene rings is 4. The van der Waals surface area contributed by atoms with Crippen molar-refractivity contribution in [2.75, 3.05) is 11.5 Å². The molecule has 1 aliphatic rings. The molecule has 0 saturated carbocycles. The van der Waals surface area contributed by atoms with E-state index in [4.69, 9.17) is 9.47 Å². The standard InChI is InChI=1S/C36H36N2O4/c1-4-5-22-41-31-20-18-29(19-21-31)26(3)37-35(39)30-16-14-27(15-17-30)23-34-36(40)38(24-28-12-10-25(2)11-13-28)32-8-6-7-9-33(32)42-34/h6-21,23,26H,4-5,22,24H2,1-3H3,(H,37,39). The minimum atomic E-state index is -0.216. The first-order chi connectivity index (χ1) is 20.4. The highest BCUT2D eigenvalue weighted by atomic mass is 16.5. The molecule has 1 heterocycles. The molecule has 0 bridgehead atoms. The molecule has 4 aromatic rings. The molecule has 1 unspecified atom stereocenters. The maximum absolute atomic E-state index is 13.5. The number of carbonyl (C=O) groups excluding carboxylic acids is 2. The van der Waals surface area contributed by atoms with Crippen molar-refractivity contribution in [3.63, 3.8) is 0 Å². The fraction of sp³-hybridized carbons (Fsp3) is 0.222. The van der Waals surface area contributed by atoms with E-state index in [1.165, 1.54) is 5.56 Å². The number of hydrogen-bond acceptors (Lipinski definition) is 4. The Morgan fingerprint density at radius 2 is 1.67 bits per heavy atom. The van der Waals surface area contributed by atoms with Crippen LogP contribution in [0.25, 0.3) is 6.08 Å². The first-order valence-corrected chi connectivity index (χ1v) is 14.4. The Hall–Kier alpha value is -4.84. The number of aryl methyl sites for hydroxylation is 1. The lowest BCUT2D eigenvalue weighted by molar-refractivity contribution is -0.117. The summed E-state index contributed by atoms with van der Waals surface area (Å²) in [6, 6.07) is 30.5. The van der Waals surface area contributed by atoms with Gasteiger partial charge in [0, 0.05) is 5.56 Å². The molecule has 0 aliphatic carbocycles. The Morgan fingerprint density at radius 1 is 0.952 bits per heavy atom. The van der Waals surface area contributed by atoms with E-state index in [-0.39, 0.29) is 23.6 Å². The third-order valence-corrected chi connectivity index (χ3v) is 7.26. The van der Waals surface area contributed by atoms with Gasteiger partial charge in [-0.25, -0.2) is 0 Å². The number of nitrogens with one attached hydrogen (secondary N) is 1. The van der Waals surface area contributed by atoms with Gasteiger partial charge in [0.05, 0.1) is 24.9 Å². The summed E-state index contributed by atoms with van der Waals surface area (Å²) in [6.07, 6.45) is 3.83. The van der Waals surface area contributed by atoms with Gasteiger partial charge in [-0.3, -0.25) is 14.5 Å². The molecule has 214 valence electrons. The second kappa shape index (κ2) is 13.2. The number of rotatable bonds is 10. The van der Waals surface area contributed by atoms with Crippen molar-refractivity contribution in [3.05, 3.63) is 131 Å². The number of unbranched alkanes of at least 4 members (excludes halogenated alkanes) is 1. The number of fused-ring (bicyclic) bond motifs is 1. The highest BCUT2D eigenvalue weighted by Crippen LogP contribution is 2.36. The van der Waals surface area contributed by atoms with Crippen LogP contribution in [0.5, 0.6) is 11.5 Å². The zero-order valence-corrected chi connectivity index (χ0v) is 24.3. The van der Waals surface area contributed by atoms with Crippen LogP contribution in [0.15, 0.2) is 103 Å². The van der Waals surface area contributed by atoms with Gasteiger partial charge in [-0.05, 0) is 79.4 Å². The maximum atomic E-state index is 13.5. The Balaban J connectivity index is 1.26. The molecule has 42 heavy (non-hydrogen) atoms. The zero-order valence-electron chi connectivity index (χ0n) is 24.3. The molecule has 0 aromatic heterocycles. The summed E-state index contributed by atoms with van der Waals surface area (Å²) < 4.78 is 11.8. The molecule has 0 spiro atoms. The van der Waals surface area contributed by atoms with Crippen LogP contribution < -0.4 is 19.7 Å². The Morgan fingerprint density at radius 3 is 2.38 bits per heavy atom. The number of anilines is 1. The van der Waals surface area contributed by atoms with Gasteiger partial charge in [-0.15, -0.1) is 0 Å². The molecule has 4 aromatic carbocycles. The zero-order chi connectivity index (χ0) is 29.5. The molecule has 0 fully saturated rings. The number of ether oxygens (including phenoxy) is 2. The quantitative estimate of drug-likeness (QED) is 0.160. The van der Waals surface area contributed by atoms with Crippen molar-refractivity contribution >= 4 is 23.6 Å². The van der Waals surface area contributed by atoms with E-state index in [0.29, 0.717) is 24.5 Å². The molecule has 0 saturated heterocycles. The van der Waals surface area contributed by atoms with E-state index >= 15 is 0 Å². The van der Waals surface area contributed by atoms with Crippen molar-refractivity contribution in [1.29, 1.82) is 0 Å².